The second-order valence-corrected chi connectivity index (χ2v) is 5.38. The van der Waals surface area contributed by atoms with E-state index in [0.717, 1.165) is 19.6 Å². The van der Waals surface area contributed by atoms with Gasteiger partial charge in [-0.15, -0.1) is 0 Å². The molecule has 0 radical (unpaired) electrons. The van der Waals surface area contributed by atoms with Crippen LogP contribution in [0.4, 0.5) is 0 Å². The SMILES string of the molecule is CNC(c1ccc(-c2ccccc2)cc1)C1CCOC1. The Balaban J connectivity index is 1.81. The number of rotatable bonds is 4. The quantitative estimate of drug-likeness (QED) is 0.913. The molecular weight excluding hydrogens is 246 g/mol. The number of nitrogens with one attached hydrogen (secondary N) is 1. The minimum absolute atomic E-state index is 0.391. The molecule has 3 rings (SSSR count). The molecule has 0 aliphatic carbocycles. The molecule has 2 unspecified atom stereocenters. The van der Waals surface area contributed by atoms with Gasteiger partial charge in [0.2, 0.25) is 0 Å². The highest BCUT2D eigenvalue weighted by Crippen LogP contribution is 2.30. The standard InChI is InChI=1S/C18H21NO/c1-19-18(17-11-12-20-13-17)16-9-7-15(8-10-16)14-5-3-2-4-6-14/h2-10,17-19H,11-13H2,1H3. The zero-order chi connectivity index (χ0) is 13.8. The second-order valence-electron chi connectivity index (χ2n) is 5.38. The molecule has 104 valence electrons. The first-order chi connectivity index (χ1) is 9.88. The zero-order valence-corrected chi connectivity index (χ0v) is 11.9. The fourth-order valence-corrected chi connectivity index (χ4v) is 3.00. The number of hydrogen-bond donors (Lipinski definition) is 1. The maximum Gasteiger partial charge on any atom is 0.0513 e. The topological polar surface area (TPSA) is 21.3 Å². The molecule has 1 aliphatic rings. The lowest BCUT2D eigenvalue weighted by Crippen LogP contribution is -2.25. The lowest BCUT2D eigenvalue weighted by molar-refractivity contribution is 0.178. The highest BCUT2D eigenvalue weighted by molar-refractivity contribution is 5.63. The van der Waals surface area contributed by atoms with E-state index in [4.69, 9.17) is 4.74 Å². The maximum atomic E-state index is 5.51. The summed E-state index contributed by atoms with van der Waals surface area (Å²) in [6.07, 6.45) is 1.14. The molecule has 20 heavy (non-hydrogen) atoms. The molecule has 2 nitrogen and oxygen atoms in total. The van der Waals surface area contributed by atoms with E-state index in [-0.39, 0.29) is 0 Å². The Morgan fingerprint density at radius 3 is 2.30 bits per heavy atom. The van der Waals surface area contributed by atoms with Crippen LogP contribution in [-0.2, 0) is 4.74 Å². The van der Waals surface area contributed by atoms with Crippen molar-refractivity contribution in [2.24, 2.45) is 5.92 Å². The zero-order valence-electron chi connectivity index (χ0n) is 11.9. The average Bonchev–Trinajstić information content (AvgIpc) is 3.04. The van der Waals surface area contributed by atoms with Gasteiger partial charge in [-0.3, -0.25) is 0 Å². The van der Waals surface area contributed by atoms with Gasteiger partial charge in [-0.05, 0) is 30.2 Å². The van der Waals surface area contributed by atoms with Crippen molar-refractivity contribution >= 4 is 0 Å². The van der Waals surface area contributed by atoms with Gasteiger partial charge in [0.15, 0.2) is 0 Å². The van der Waals surface area contributed by atoms with Crippen LogP contribution in [0.5, 0.6) is 0 Å². The van der Waals surface area contributed by atoms with Gasteiger partial charge in [-0.1, -0.05) is 54.6 Å². The van der Waals surface area contributed by atoms with E-state index in [2.05, 4.69) is 59.9 Å². The maximum absolute atomic E-state index is 5.51. The number of benzene rings is 2. The van der Waals surface area contributed by atoms with Crippen LogP contribution in [0.25, 0.3) is 11.1 Å². The van der Waals surface area contributed by atoms with Gasteiger partial charge in [0.05, 0.1) is 6.61 Å². The highest BCUT2D eigenvalue weighted by atomic mass is 16.5. The lowest BCUT2D eigenvalue weighted by Gasteiger charge is -2.22. The van der Waals surface area contributed by atoms with Gasteiger partial charge in [0.1, 0.15) is 0 Å². The molecule has 1 N–H and O–H groups in total. The van der Waals surface area contributed by atoms with Crippen molar-refractivity contribution in [1.29, 1.82) is 0 Å². The third-order valence-electron chi connectivity index (χ3n) is 4.12. The Labute approximate surface area is 120 Å². The summed E-state index contributed by atoms with van der Waals surface area (Å²) in [7, 11) is 2.04. The van der Waals surface area contributed by atoms with Crippen molar-refractivity contribution in [3.63, 3.8) is 0 Å². The lowest BCUT2D eigenvalue weighted by atomic mass is 9.91. The minimum atomic E-state index is 0.391. The van der Waals surface area contributed by atoms with Gasteiger partial charge >= 0.3 is 0 Å². The molecule has 0 spiro atoms. The Hall–Kier alpha value is -1.64. The van der Waals surface area contributed by atoms with Crippen LogP contribution in [0.15, 0.2) is 54.6 Å². The molecule has 0 amide bonds. The van der Waals surface area contributed by atoms with Crippen molar-refractivity contribution in [3.05, 3.63) is 60.2 Å². The first-order valence-electron chi connectivity index (χ1n) is 7.29. The van der Waals surface area contributed by atoms with E-state index in [1.165, 1.54) is 16.7 Å². The summed E-state index contributed by atoms with van der Waals surface area (Å²) < 4.78 is 5.51. The van der Waals surface area contributed by atoms with Gasteiger partial charge in [-0.25, -0.2) is 0 Å². The summed E-state index contributed by atoms with van der Waals surface area (Å²) in [6, 6.07) is 19.8. The van der Waals surface area contributed by atoms with Crippen LogP contribution in [-0.4, -0.2) is 20.3 Å². The molecule has 0 bridgehead atoms. The summed E-state index contributed by atoms with van der Waals surface area (Å²) in [4.78, 5) is 0. The van der Waals surface area contributed by atoms with E-state index in [0.29, 0.717) is 12.0 Å². The second kappa shape index (κ2) is 6.21. The molecule has 1 aliphatic heterocycles. The summed E-state index contributed by atoms with van der Waals surface area (Å²) in [5.74, 6) is 0.586. The third-order valence-corrected chi connectivity index (χ3v) is 4.12. The Morgan fingerprint density at radius 1 is 1.00 bits per heavy atom. The van der Waals surface area contributed by atoms with Crippen LogP contribution in [0.1, 0.15) is 18.0 Å². The van der Waals surface area contributed by atoms with Crippen LogP contribution in [0, 0.1) is 5.92 Å². The van der Waals surface area contributed by atoms with E-state index < -0.39 is 0 Å². The van der Waals surface area contributed by atoms with Crippen molar-refractivity contribution in [3.8, 4) is 11.1 Å². The van der Waals surface area contributed by atoms with Gasteiger partial charge < -0.3 is 10.1 Å². The van der Waals surface area contributed by atoms with Gasteiger partial charge in [0.25, 0.3) is 0 Å². The molecular formula is C18H21NO. The smallest absolute Gasteiger partial charge is 0.0513 e. The number of ether oxygens (including phenoxy) is 1. The van der Waals surface area contributed by atoms with Gasteiger partial charge in [-0.2, -0.15) is 0 Å². The van der Waals surface area contributed by atoms with E-state index in [9.17, 15) is 0 Å². The van der Waals surface area contributed by atoms with E-state index in [1.807, 2.05) is 7.05 Å². The van der Waals surface area contributed by atoms with Crippen LogP contribution in [0.3, 0.4) is 0 Å². The first-order valence-corrected chi connectivity index (χ1v) is 7.29. The Morgan fingerprint density at radius 2 is 1.70 bits per heavy atom. The molecule has 2 aromatic carbocycles. The fraction of sp³-hybridized carbons (Fsp3) is 0.333. The Kier molecular flexibility index (Phi) is 4.14. The minimum Gasteiger partial charge on any atom is -0.381 e. The third kappa shape index (κ3) is 2.77. The molecule has 0 saturated carbocycles. The van der Waals surface area contributed by atoms with Crippen molar-refractivity contribution in [1.82, 2.24) is 5.32 Å². The van der Waals surface area contributed by atoms with E-state index in [1.54, 1.807) is 0 Å². The molecule has 2 heteroatoms. The number of hydrogen-bond acceptors (Lipinski definition) is 2. The molecule has 2 atom stereocenters. The van der Waals surface area contributed by atoms with Crippen LogP contribution in [0.2, 0.25) is 0 Å². The molecule has 0 aromatic heterocycles. The molecule has 1 heterocycles. The average molecular weight is 267 g/mol. The van der Waals surface area contributed by atoms with E-state index >= 15 is 0 Å². The molecule has 2 aromatic rings. The van der Waals surface area contributed by atoms with Crippen LogP contribution >= 0.6 is 0 Å². The predicted molar refractivity (Wildman–Crippen MR) is 82.6 cm³/mol. The highest BCUT2D eigenvalue weighted by Gasteiger charge is 2.25. The van der Waals surface area contributed by atoms with Gasteiger partial charge in [0, 0.05) is 18.6 Å². The fourth-order valence-electron chi connectivity index (χ4n) is 3.00. The molecule has 1 saturated heterocycles. The largest absolute Gasteiger partial charge is 0.381 e. The molecule has 1 fully saturated rings. The summed E-state index contributed by atoms with van der Waals surface area (Å²) in [5.41, 5.74) is 3.89. The van der Waals surface area contributed by atoms with Crippen molar-refractivity contribution in [2.75, 3.05) is 20.3 Å². The Bertz CT molecular complexity index is 529. The summed E-state index contributed by atoms with van der Waals surface area (Å²) in [5, 5.41) is 3.44. The first kappa shape index (κ1) is 13.3. The predicted octanol–water partition coefficient (Wildman–Crippen LogP) is 3.65. The van der Waals surface area contributed by atoms with Crippen molar-refractivity contribution < 1.29 is 4.74 Å². The monoisotopic (exact) mass is 267 g/mol. The normalized spacial score (nSPS) is 19.9. The summed E-state index contributed by atoms with van der Waals surface area (Å²) >= 11 is 0. The van der Waals surface area contributed by atoms with Crippen LogP contribution < -0.4 is 5.32 Å². The summed E-state index contributed by atoms with van der Waals surface area (Å²) in [6.45, 7) is 1.76. The van der Waals surface area contributed by atoms with Crippen molar-refractivity contribution in [2.45, 2.75) is 12.5 Å².